The van der Waals surface area contributed by atoms with Crippen molar-refractivity contribution in [2.24, 2.45) is 0 Å². The fourth-order valence-electron chi connectivity index (χ4n) is 1.18. The Kier molecular flexibility index (Phi) is 5.24. The summed E-state index contributed by atoms with van der Waals surface area (Å²) in [7, 11) is 1.26. The van der Waals surface area contributed by atoms with Gasteiger partial charge in [0.1, 0.15) is 5.69 Å². The van der Waals surface area contributed by atoms with Gasteiger partial charge in [-0.3, -0.25) is 9.63 Å². The molecule has 1 heterocycles. The molecule has 0 aliphatic rings. The van der Waals surface area contributed by atoms with E-state index in [4.69, 9.17) is 0 Å². The highest BCUT2D eigenvalue weighted by Gasteiger charge is 2.23. The molecule has 9 heteroatoms. The van der Waals surface area contributed by atoms with Gasteiger partial charge < -0.3 is 4.74 Å². The molecule has 1 aromatic heterocycles. The number of nitrogens with zero attached hydrogens (tertiary/aromatic N) is 3. The van der Waals surface area contributed by atoms with Crippen molar-refractivity contribution in [3.05, 3.63) is 16.0 Å². The predicted molar refractivity (Wildman–Crippen MR) is 76.1 cm³/mol. The third-order valence-electron chi connectivity index (χ3n) is 2.11. The van der Waals surface area contributed by atoms with Gasteiger partial charge >= 0.3 is 5.30 Å². The molecule has 1 aromatic rings. The summed E-state index contributed by atoms with van der Waals surface area (Å²) in [6, 6.07) is 0. The lowest BCUT2D eigenvalue weighted by Crippen LogP contribution is -2.37. The van der Waals surface area contributed by atoms with E-state index in [9.17, 15) is 9.59 Å². The van der Waals surface area contributed by atoms with Gasteiger partial charge in [-0.1, -0.05) is 32.5 Å². The number of methoxy groups -OCH3 is 1. The van der Waals surface area contributed by atoms with Crippen LogP contribution in [0.4, 0.5) is 4.79 Å². The Morgan fingerprint density at radius 2 is 2.00 bits per heavy atom. The number of hydrogen-bond donors (Lipinski definition) is 1. The second-order valence-corrected chi connectivity index (χ2v) is 6.07. The second-order valence-electron chi connectivity index (χ2n) is 4.57. The van der Waals surface area contributed by atoms with Crippen LogP contribution in [0.2, 0.25) is 0 Å². The first-order valence-corrected chi connectivity index (χ1v) is 7.40. The summed E-state index contributed by atoms with van der Waals surface area (Å²) in [6.45, 7) is 5.61. The Morgan fingerprint density at radius 1 is 1.37 bits per heavy atom. The molecule has 0 bridgehead atoms. The molecule has 0 fully saturated rings. The van der Waals surface area contributed by atoms with Crippen molar-refractivity contribution >= 4 is 29.0 Å². The van der Waals surface area contributed by atoms with Crippen LogP contribution < -0.4 is 10.4 Å². The average molecular weight is 304 g/mol. The minimum atomic E-state index is -0.548. The molecule has 0 amide bonds. The lowest BCUT2D eigenvalue weighted by atomic mass is 9.93. The number of hydrogen-bond acceptors (Lipinski definition) is 8. The van der Waals surface area contributed by atoms with Gasteiger partial charge in [0.15, 0.2) is 0 Å². The Morgan fingerprint density at radius 3 is 2.47 bits per heavy atom. The first kappa shape index (κ1) is 15.8. The normalized spacial score (nSPS) is 11.2. The number of carbonyl (C=O) groups excluding carboxylic acids is 1. The molecule has 0 spiro atoms. The largest absolute Gasteiger partial charge is 0.460 e. The van der Waals surface area contributed by atoms with Gasteiger partial charge in [0, 0.05) is 5.41 Å². The summed E-state index contributed by atoms with van der Waals surface area (Å²) < 4.78 is 5.68. The van der Waals surface area contributed by atoms with Crippen LogP contribution in [0.15, 0.2) is 9.95 Å². The zero-order chi connectivity index (χ0) is 14.6. The number of carbonyl (C=O) groups is 1. The topological polar surface area (TPSA) is 86.1 Å². The van der Waals surface area contributed by atoms with Crippen molar-refractivity contribution in [3.63, 3.8) is 0 Å². The van der Waals surface area contributed by atoms with Crippen LogP contribution in [-0.4, -0.2) is 33.5 Å². The first-order valence-electron chi connectivity index (χ1n) is 5.36. The van der Waals surface area contributed by atoms with Gasteiger partial charge in [0.05, 0.1) is 19.1 Å². The number of aromatic nitrogens is 3. The second kappa shape index (κ2) is 6.29. The van der Waals surface area contributed by atoms with Crippen molar-refractivity contribution in [1.29, 1.82) is 0 Å². The van der Waals surface area contributed by atoms with E-state index in [1.807, 2.05) is 20.8 Å². The monoisotopic (exact) mass is 304 g/mol. The maximum Gasteiger partial charge on any atom is 0.389 e. The van der Waals surface area contributed by atoms with Crippen molar-refractivity contribution in [3.8, 4) is 0 Å². The molecule has 0 aliphatic heterocycles. The molecule has 7 nitrogen and oxygen atoms in total. The molecule has 0 atom stereocenters. The smallest absolute Gasteiger partial charge is 0.389 e. The van der Waals surface area contributed by atoms with Crippen molar-refractivity contribution in [1.82, 2.24) is 14.9 Å². The molecule has 19 heavy (non-hydrogen) atoms. The molecule has 106 valence electrons. The number of ether oxygens (including phenoxy) is 1. The summed E-state index contributed by atoms with van der Waals surface area (Å²) >= 11 is 1.91. The Hall–Kier alpha value is -1.22. The van der Waals surface area contributed by atoms with E-state index in [2.05, 4.69) is 19.8 Å². The Labute approximate surface area is 119 Å². The molecular formula is C10H16N4O3S2. The van der Waals surface area contributed by atoms with Gasteiger partial charge in [0.25, 0.3) is 5.56 Å². The highest BCUT2D eigenvalue weighted by Crippen LogP contribution is 2.17. The van der Waals surface area contributed by atoms with Crippen LogP contribution in [-0.2, 0) is 10.2 Å². The predicted octanol–water partition coefficient (Wildman–Crippen LogP) is 1.62. The molecule has 0 radical (unpaired) electrons. The first-order chi connectivity index (χ1) is 8.81. The molecule has 0 saturated heterocycles. The highest BCUT2D eigenvalue weighted by atomic mass is 32.2. The standard InChI is InChI=1S/C10H16N4O3S2/c1-10(2,3)6-7(15)14(8(18-5)12-11-6)13-19-9(16)17-4/h13H,1-5H3. The van der Waals surface area contributed by atoms with Crippen LogP contribution in [0, 0.1) is 0 Å². The summed E-state index contributed by atoms with van der Waals surface area (Å²) in [6.07, 6.45) is 1.77. The van der Waals surface area contributed by atoms with Crippen LogP contribution in [0.3, 0.4) is 0 Å². The molecule has 0 unspecified atom stereocenters. The zero-order valence-corrected chi connectivity index (χ0v) is 13.0. The number of thioether (sulfide) groups is 1. The fraction of sp³-hybridized carbons (Fsp3) is 0.600. The Balaban J connectivity index is 3.19. The number of nitrogens with one attached hydrogen (secondary N) is 1. The van der Waals surface area contributed by atoms with E-state index in [-0.39, 0.29) is 5.56 Å². The summed E-state index contributed by atoms with van der Waals surface area (Å²) in [4.78, 5) is 26.0. The molecule has 0 aromatic carbocycles. The Bertz CT molecular complexity index is 524. The van der Waals surface area contributed by atoms with Crippen LogP contribution >= 0.6 is 23.7 Å². The van der Waals surface area contributed by atoms with Crippen LogP contribution in [0.25, 0.3) is 0 Å². The fourth-order valence-corrected chi connectivity index (χ4v) is 2.09. The lowest BCUT2D eigenvalue weighted by molar-refractivity contribution is 0.200. The maximum atomic E-state index is 12.3. The molecule has 1 N–H and O–H groups in total. The van der Waals surface area contributed by atoms with Gasteiger partial charge in [-0.25, -0.2) is 4.79 Å². The van der Waals surface area contributed by atoms with E-state index in [1.54, 1.807) is 6.26 Å². The minimum absolute atomic E-state index is 0.322. The van der Waals surface area contributed by atoms with Gasteiger partial charge in [-0.15, -0.1) is 10.2 Å². The molecule has 0 saturated carbocycles. The third kappa shape index (κ3) is 3.87. The summed E-state index contributed by atoms with van der Waals surface area (Å²) in [5, 5.41) is 7.76. The van der Waals surface area contributed by atoms with Crippen molar-refractivity contribution < 1.29 is 9.53 Å². The van der Waals surface area contributed by atoms with Crippen molar-refractivity contribution in [2.45, 2.75) is 31.3 Å². The SMILES string of the molecule is COC(=O)SNn1c(SC)nnc(C(C)(C)C)c1=O. The van der Waals surface area contributed by atoms with E-state index >= 15 is 0 Å². The molecule has 1 rings (SSSR count). The number of rotatable bonds is 3. The summed E-state index contributed by atoms with van der Waals surface area (Å²) in [5.74, 6) is 0. The van der Waals surface area contributed by atoms with E-state index in [0.717, 1.165) is 0 Å². The minimum Gasteiger partial charge on any atom is -0.460 e. The van der Waals surface area contributed by atoms with E-state index in [1.165, 1.54) is 23.5 Å². The average Bonchev–Trinajstić information content (AvgIpc) is 2.34. The van der Waals surface area contributed by atoms with Crippen LogP contribution in [0.5, 0.6) is 0 Å². The quantitative estimate of drug-likeness (QED) is 0.512. The van der Waals surface area contributed by atoms with Crippen molar-refractivity contribution in [2.75, 3.05) is 18.2 Å². The summed E-state index contributed by atoms with van der Waals surface area (Å²) in [5.41, 5.74) is -0.438. The van der Waals surface area contributed by atoms with E-state index in [0.29, 0.717) is 22.8 Å². The zero-order valence-electron chi connectivity index (χ0n) is 11.4. The van der Waals surface area contributed by atoms with E-state index < -0.39 is 10.7 Å². The van der Waals surface area contributed by atoms with Gasteiger partial charge in [-0.2, -0.15) is 4.68 Å². The third-order valence-corrected chi connectivity index (χ3v) is 3.35. The van der Waals surface area contributed by atoms with Crippen LogP contribution in [0.1, 0.15) is 26.5 Å². The lowest BCUT2D eigenvalue weighted by Gasteiger charge is -2.18. The van der Waals surface area contributed by atoms with Gasteiger partial charge in [-0.05, 0) is 6.26 Å². The van der Waals surface area contributed by atoms with Gasteiger partial charge in [0.2, 0.25) is 5.16 Å². The molecule has 0 aliphatic carbocycles. The highest BCUT2D eigenvalue weighted by molar-refractivity contribution is 8.14. The molecular weight excluding hydrogens is 288 g/mol. The maximum absolute atomic E-state index is 12.3.